The predicted octanol–water partition coefficient (Wildman–Crippen LogP) is 3.17. The third kappa shape index (κ3) is 3.04. The number of aromatic nitrogens is 1. The molecule has 1 unspecified atom stereocenters. The second-order valence-corrected chi connectivity index (χ2v) is 4.55. The minimum atomic E-state index is 0.515. The van der Waals surface area contributed by atoms with Crippen molar-refractivity contribution in [2.24, 2.45) is 0 Å². The van der Waals surface area contributed by atoms with E-state index in [0.29, 0.717) is 6.04 Å². The van der Waals surface area contributed by atoms with Gasteiger partial charge in [0.2, 0.25) is 0 Å². The Hall–Kier alpha value is -1.41. The van der Waals surface area contributed by atoms with E-state index < -0.39 is 0 Å². The van der Waals surface area contributed by atoms with Crippen molar-refractivity contribution in [3.05, 3.63) is 42.1 Å². The van der Waals surface area contributed by atoms with Gasteiger partial charge in [-0.05, 0) is 44.0 Å². The van der Waals surface area contributed by atoms with E-state index in [-0.39, 0.29) is 0 Å². The molecule has 2 aromatic rings. The molecule has 0 radical (unpaired) electrons. The summed E-state index contributed by atoms with van der Waals surface area (Å²) in [6.07, 6.45) is 4.15. The molecule has 1 aromatic heterocycles. The van der Waals surface area contributed by atoms with Crippen LogP contribution in [0.3, 0.4) is 0 Å². The highest BCUT2D eigenvalue weighted by atomic mass is 14.9. The van der Waals surface area contributed by atoms with Gasteiger partial charge in [-0.2, -0.15) is 0 Å². The lowest BCUT2D eigenvalue weighted by Crippen LogP contribution is -2.28. The van der Waals surface area contributed by atoms with Gasteiger partial charge in [0.05, 0.1) is 5.52 Å². The van der Waals surface area contributed by atoms with Gasteiger partial charge < -0.3 is 5.32 Å². The topological polar surface area (TPSA) is 24.9 Å². The van der Waals surface area contributed by atoms with E-state index in [2.05, 4.69) is 48.4 Å². The van der Waals surface area contributed by atoms with Crippen LogP contribution in [-0.2, 0) is 6.42 Å². The first-order valence-corrected chi connectivity index (χ1v) is 6.37. The second kappa shape index (κ2) is 5.78. The average molecular weight is 228 g/mol. The maximum atomic E-state index is 4.39. The molecular weight excluding hydrogens is 208 g/mol. The molecule has 0 fully saturated rings. The zero-order valence-corrected chi connectivity index (χ0v) is 10.6. The van der Waals surface area contributed by atoms with Gasteiger partial charge in [0.1, 0.15) is 0 Å². The summed E-state index contributed by atoms with van der Waals surface area (Å²) in [6, 6.07) is 11.0. The zero-order valence-electron chi connectivity index (χ0n) is 10.6. The van der Waals surface area contributed by atoms with E-state index in [9.17, 15) is 0 Å². The molecule has 2 rings (SSSR count). The molecule has 0 spiro atoms. The van der Waals surface area contributed by atoms with Gasteiger partial charge in [-0.25, -0.2) is 0 Å². The van der Waals surface area contributed by atoms with Crippen LogP contribution in [0.15, 0.2) is 36.5 Å². The van der Waals surface area contributed by atoms with Crippen molar-refractivity contribution in [1.82, 2.24) is 10.3 Å². The lowest BCUT2D eigenvalue weighted by atomic mass is 10.0. The van der Waals surface area contributed by atoms with Crippen molar-refractivity contribution in [2.75, 3.05) is 6.54 Å². The second-order valence-electron chi connectivity index (χ2n) is 4.55. The van der Waals surface area contributed by atoms with Crippen LogP contribution in [0.4, 0.5) is 0 Å². The maximum absolute atomic E-state index is 4.39. The van der Waals surface area contributed by atoms with Gasteiger partial charge in [-0.15, -0.1) is 0 Å². The van der Waals surface area contributed by atoms with Crippen LogP contribution >= 0.6 is 0 Å². The lowest BCUT2D eigenvalue weighted by molar-refractivity contribution is 0.545. The molecule has 1 heterocycles. The number of rotatable bonds is 5. The number of pyridine rings is 1. The highest BCUT2D eigenvalue weighted by Crippen LogP contribution is 2.17. The normalized spacial score (nSPS) is 12.8. The van der Waals surface area contributed by atoms with E-state index in [4.69, 9.17) is 0 Å². The van der Waals surface area contributed by atoms with E-state index in [1.807, 2.05) is 12.3 Å². The summed E-state index contributed by atoms with van der Waals surface area (Å²) in [6.45, 7) is 5.52. The van der Waals surface area contributed by atoms with Crippen molar-refractivity contribution in [3.8, 4) is 0 Å². The largest absolute Gasteiger partial charge is 0.314 e. The summed E-state index contributed by atoms with van der Waals surface area (Å²) in [7, 11) is 0. The Labute approximate surface area is 103 Å². The highest BCUT2D eigenvalue weighted by Gasteiger charge is 2.05. The maximum Gasteiger partial charge on any atom is 0.0704 e. The molecule has 0 aliphatic rings. The number of nitrogens with one attached hydrogen (secondary N) is 1. The van der Waals surface area contributed by atoms with Crippen LogP contribution in [0.5, 0.6) is 0 Å². The van der Waals surface area contributed by atoms with Crippen molar-refractivity contribution in [2.45, 2.75) is 32.7 Å². The molecule has 0 saturated carbocycles. The van der Waals surface area contributed by atoms with Crippen molar-refractivity contribution in [3.63, 3.8) is 0 Å². The predicted molar refractivity (Wildman–Crippen MR) is 73.2 cm³/mol. The Balaban J connectivity index is 2.18. The minimum Gasteiger partial charge on any atom is -0.314 e. The van der Waals surface area contributed by atoms with E-state index >= 15 is 0 Å². The third-order valence-electron chi connectivity index (χ3n) is 3.01. The van der Waals surface area contributed by atoms with Crippen LogP contribution in [0.25, 0.3) is 10.9 Å². The number of benzene rings is 1. The van der Waals surface area contributed by atoms with Crippen molar-refractivity contribution < 1.29 is 0 Å². The van der Waals surface area contributed by atoms with E-state index in [0.717, 1.165) is 18.5 Å². The highest BCUT2D eigenvalue weighted by molar-refractivity contribution is 5.81. The Morgan fingerprint density at radius 3 is 2.88 bits per heavy atom. The molecule has 1 atom stereocenters. The van der Waals surface area contributed by atoms with Crippen LogP contribution in [0.1, 0.15) is 25.8 Å². The first-order chi connectivity index (χ1) is 8.31. The molecule has 2 heteroatoms. The first kappa shape index (κ1) is 12.1. The van der Waals surface area contributed by atoms with Crippen molar-refractivity contribution >= 4 is 10.9 Å². The third-order valence-corrected chi connectivity index (χ3v) is 3.01. The van der Waals surface area contributed by atoms with Gasteiger partial charge >= 0.3 is 0 Å². The van der Waals surface area contributed by atoms with Gasteiger partial charge in [0, 0.05) is 17.6 Å². The molecular formula is C15H20N2. The molecule has 0 amide bonds. The molecule has 0 bridgehead atoms. The average Bonchev–Trinajstić information content (AvgIpc) is 2.37. The fraction of sp³-hybridized carbons (Fsp3) is 0.400. The fourth-order valence-electron chi connectivity index (χ4n) is 2.13. The summed E-state index contributed by atoms with van der Waals surface area (Å²) in [5.74, 6) is 0. The summed E-state index contributed by atoms with van der Waals surface area (Å²) in [4.78, 5) is 4.39. The fourth-order valence-corrected chi connectivity index (χ4v) is 2.13. The standard InChI is InChI=1S/C15H20N2/c1-3-9-16-12(2)11-13-8-10-17-15-7-5-4-6-14(13)15/h4-8,10,12,16H,3,9,11H2,1-2H3. The summed E-state index contributed by atoms with van der Waals surface area (Å²) in [5.41, 5.74) is 2.47. The number of para-hydroxylation sites is 1. The van der Waals surface area contributed by atoms with Crippen molar-refractivity contribution in [1.29, 1.82) is 0 Å². The summed E-state index contributed by atoms with van der Waals surface area (Å²) < 4.78 is 0. The van der Waals surface area contributed by atoms with Crippen LogP contribution in [0.2, 0.25) is 0 Å². The van der Waals surface area contributed by atoms with Gasteiger partial charge in [-0.3, -0.25) is 4.98 Å². The molecule has 0 aliphatic heterocycles. The van der Waals surface area contributed by atoms with Crippen LogP contribution in [0, 0.1) is 0 Å². The quantitative estimate of drug-likeness (QED) is 0.850. The summed E-state index contributed by atoms with van der Waals surface area (Å²) in [5, 5.41) is 4.80. The van der Waals surface area contributed by atoms with Gasteiger partial charge in [0.25, 0.3) is 0 Å². The number of hydrogen-bond donors (Lipinski definition) is 1. The molecule has 1 N–H and O–H groups in total. The number of fused-ring (bicyclic) bond motifs is 1. The van der Waals surface area contributed by atoms with Crippen LogP contribution in [-0.4, -0.2) is 17.6 Å². The first-order valence-electron chi connectivity index (χ1n) is 6.37. The van der Waals surface area contributed by atoms with Gasteiger partial charge in [0.15, 0.2) is 0 Å². The Bertz CT molecular complexity index is 474. The molecule has 1 aromatic carbocycles. The SMILES string of the molecule is CCCNC(C)Cc1ccnc2ccccc12. The Kier molecular flexibility index (Phi) is 4.10. The monoisotopic (exact) mass is 228 g/mol. The minimum absolute atomic E-state index is 0.515. The van der Waals surface area contributed by atoms with Gasteiger partial charge in [-0.1, -0.05) is 25.1 Å². The van der Waals surface area contributed by atoms with E-state index in [1.165, 1.54) is 17.4 Å². The Morgan fingerprint density at radius 1 is 1.24 bits per heavy atom. The molecule has 0 aliphatic carbocycles. The zero-order chi connectivity index (χ0) is 12.1. The molecule has 2 nitrogen and oxygen atoms in total. The molecule has 90 valence electrons. The van der Waals surface area contributed by atoms with Crippen LogP contribution < -0.4 is 5.32 Å². The Morgan fingerprint density at radius 2 is 2.06 bits per heavy atom. The molecule has 0 saturated heterocycles. The molecule has 17 heavy (non-hydrogen) atoms. The summed E-state index contributed by atoms with van der Waals surface area (Å²) >= 11 is 0. The lowest BCUT2D eigenvalue weighted by Gasteiger charge is -2.14. The smallest absolute Gasteiger partial charge is 0.0704 e. The van der Waals surface area contributed by atoms with E-state index in [1.54, 1.807) is 0 Å². The number of hydrogen-bond acceptors (Lipinski definition) is 2. The number of nitrogens with zero attached hydrogens (tertiary/aromatic N) is 1.